The molecule has 9 N–H and O–H groups in total. The van der Waals surface area contributed by atoms with E-state index in [1.807, 2.05) is 0 Å². The fraction of sp³-hybridized carbons (Fsp3) is 0.389. The van der Waals surface area contributed by atoms with Gasteiger partial charge in [0, 0.05) is 43.7 Å². The van der Waals surface area contributed by atoms with Crippen molar-refractivity contribution in [1.29, 1.82) is 5.26 Å². The molecule has 0 unspecified atom stereocenters. The maximum Gasteiger partial charge on any atom is 0.408 e. The average molecular weight is 535 g/mol. The van der Waals surface area contributed by atoms with Crippen molar-refractivity contribution in [3.8, 4) is 6.19 Å². The van der Waals surface area contributed by atoms with Gasteiger partial charge in [0.05, 0.1) is 0 Å². The lowest BCUT2D eigenvalue weighted by atomic mass is 10.5. The van der Waals surface area contributed by atoms with Gasteiger partial charge in [0.2, 0.25) is 5.96 Å². The van der Waals surface area contributed by atoms with Gasteiger partial charge < -0.3 is 32.3 Å². The van der Waals surface area contributed by atoms with E-state index in [9.17, 15) is 22.8 Å². The molecule has 0 aliphatic carbocycles. The number of thioether (sulfide) groups is 1. The van der Waals surface area contributed by atoms with Crippen LogP contribution in [0, 0.1) is 11.5 Å². The second-order valence-corrected chi connectivity index (χ2v) is 7.12. The summed E-state index contributed by atoms with van der Waals surface area (Å²) in [5, 5.41) is 32.5. The zero-order chi connectivity index (χ0) is 27.4. The topological polar surface area (TPSA) is 237 Å². The highest BCUT2D eigenvalue weighted by Gasteiger charge is 2.26. The van der Waals surface area contributed by atoms with E-state index in [2.05, 4.69) is 35.9 Å². The highest BCUT2D eigenvalue weighted by Crippen LogP contribution is 2.16. The van der Waals surface area contributed by atoms with Crippen molar-refractivity contribution in [2.24, 2.45) is 21.5 Å². The van der Waals surface area contributed by atoms with Gasteiger partial charge >= 0.3 is 18.1 Å². The Morgan fingerprint density at radius 2 is 1.92 bits per heavy atom. The molecule has 14 nitrogen and oxygen atoms in total. The molecule has 0 fully saturated rings. The number of carbonyl (C=O) groups is 2. The Hall–Kier alpha value is -4.11. The number of hydrogen-bond acceptors (Lipinski definition) is 9. The third-order valence-electron chi connectivity index (χ3n) is 3.10. The van der Waals surface area contributed by atoms with Crippen LogP contribution in [0.5, 0.6) is 0 Å². The number of aliphatic carboxylic acids is 2. The second-order valence-electron chi connectivity index (χ2n) is 6.06. The Bertz CT molecular complexity index is 951. The maximum absolute atomic E-state index is 12.1. The number of rotatable bonds is 11. The summed E-state index contributed by atoms with van der Waals surface area (Å²) in [4.78, 5) is 34.7. The molecule has 0 aliphatic rings. The first-order chi connectivity index (χ1) is 17.0. The summed E-state index contributed by atoms with van der Waals surface area (Å²) < 4.78 is 36.4. The van der Waals surface area contributed by atoms with Crippen LogP contribution in [0.15, 0.2) is 39.6 Å². The summed E-state index contributed by atoms with van der Waals surface area (Å²) in [5.41, 5.74) is 10.8. The predicted molar refractivity (Wildman–Crippen MR) is 126 cm³/mol. The number of nitrogens with two attached hydrogens (primary N) is 2. The molecule has 1 heterocycles. The van der Waals surface area contributed by atoms with E-state index in [-0.39, 0.29) is 11.8 Å². The number of carboxylic acids is 2. The summed E-state index contributed by atoms with van der Waals surface area (Å²) in [5.74, 6) is -1.66. The predicted octanol–water partition coefficient (Wildman–Crippen LogP) is -0.0655. The van der Waals surface area contributed by atoms with Gasteiger partial charge in [0.25, 0.3) is 0 Å². The quantitative estimate of drug-likeness (QED) is 0.0288. The Kier molecular flexibility index (Phi) is 16.2. The number of nitrogens with one attached hydrogen (secondary N) is 3. The number of halogens is 3. The molecule has 0 radical (unpaired) electrons. The molecule has 18 heteroatoms. The normalized spacial score (nSPS) is 11.8. The van der Waals surface area contributed by atoms with E-state index < -0.39 is 24.7 Å². The minimum absolute atomic E-state index is 0.241. The van der Waals surface area contributed by atoms with Crippen LogP contribution in [0.1, 0.15) is 6.42 Å². The van der Waals surface area contributed by atoms with Crippen LogP contribution in [-0.4, -0.2) is 82.1 Å². The molecule has 0 atom stereocenters. The highest BCUT2D eigenvalue weighted by molar-refractivity contribution is 7.99. The Morgan fingerprint density at radius 1 is 1.25 bits per heavy atom. The van der Waals surface area contributed by atoms with Crippen molar-refractivity contribution in [2.75, 3.05) is 37.2 Å². The monoisotopic (exact) mass is 534 g/mol. The van der Waals surface area contributed by atoms with Gasteiger partial charge in [-0.2, -0.15) is 18.4 Å². The van der Waals surface area contributed by atoms with Gasteiger partial charge in [-0.05, 0) is 12.5 Å². The largest absolute Gasteiger partial charge is 0.478 e. The van der Waals surface area contributed by atoms with E-state index in [0.717, 1.165) is 0 Å². The third kappa shape index (κ3) is 19.4. The lowest BCUT2D eigenvalue weighted by Crippen LogP contribution is -2.37. The Morgan fingerprint density at radius 3 is 2.47 bits per heavy atom. The van der Waals surface area contributed by atoms with Gasteiger partial charge in [-0.1, -0.05) is 11.8 Å². The number of aromatic nitrogens is 2. The minimum Gasteiger partial charge on any atom is -0.478 e. The zero-order valence-electron chi connectivity index (χ0n) is 18.7. The van der Waals surface area contributed by atoms with E-state index >= 15 is 0 Å². The smallest absolute Gasteiger partial charge is 0.408 e. The number of carboxylic acid groups (broad SMARTS) is 2. The van der Waals surface area contributed by atoms with Crippen LogP contribution in [0.3, 0.4) is 0 Å². The number of alkyl halides is 3. The second kappa shape index (κ2) is 18.2. The molecule has 1 aromatic rings. The molecule has 198 valence electrons. The van der Waals surface area contributed by atoms with Crippen molar-refractivity contribution in [3.63, 3.8) is 0 Å². The van der Waals surface area contributed by atoms with Crippen molar-refractivity contribution in [3.05, 3.63) is 24.4 Å². The average Bonchev–Trinajstić information content (AvgIpc) is 2.80. The lowest BCUT2D eigenvalue weighted by Gasteiger charge is -2.07. The summed E-state index contributed by atoms with van der Waals surface area (Å²) in [6.45, 7) is -0.00811. The molecule has 0 spiro atoms. The molecule has 0 bridgehead atoms. The first-order valence-electron chi connectivity index (χ1n) is 9.83. The van der Waals surface area contributed by atoms with Crippen molar-refractivity contribution in [2.45, 2.75) is 17.8 Å². The van der Waals surface area contributed by atoms with E-state index in [1.54, 1.807) is 6.19 Å². The molecule has 0 aromatic carbocycles. The zero-order valence-corrected chi connectivity index (χ0v) is 19.5. The van der Waals surface area contributed by atoms with Gasteiger partial charge in [0.1, 0.15) is 12.4 Å². The summed E-state index contributed by atoms with van der Waals surface area (Å²) in [7, 11) is 0. The Labute approximate surface area is 207 Å². The SMILES string of the molecule is N#CNC(=NCCCSc1nccc(NC(N)=NCC(F)(F)F)n1)NCCN.O=C(O)/C=C\C(=O)O. The first kappa shape index (κ1) is 31.9. The number of nitriles is 1. The molecule has 1 aromatic heterocycles. The van der Waals surface area contributed by atoms with Crippen LogP contribution in [-0.2, 0) is 9.59 Å². The minimum atomic E-state index is -4.43. The molecular formula is C18H25F3N10O4S. The van der Waals surface area contributed by atoms with Crippen LogP contribution in [0.4, 0.5) is 19.0 Å². The molecule has 36 heavy (non-hydrogen) atoms. The van der Waals surface area contributed by atoms with Crippen LogP contribution < -0.4 is 27.4 Å². The van der Waals surface area contributed by atoms with Gasteiger partial charge in [-0.3, -0.25) is 10.3 Å². The fourth-order valence-electron chi connectivity index (χ4n) is 1.77. The first-order valence-corrected chi connectivity index (χ1v) is 10.8. The highest BCUT2D eigenvalue weighted by atomic mass is 32.2. The number of guanidine groups is 2. The molecule has 0 amide bonds. The fourth-order valence-corrected chi connectivity index (χ4v) is 2.52. The van der Waals surface area contributed by atoms with E-state index in [4.69, 9.17) is 26.9 Å². The molecule has 1 rings (SSSR count). The number of anilines is 1. The van der Waals surface area contributed by atoms with E-state index in [0.29, 0.717) is 55.1 Å². The van der Waals surface area contributed by atoms with Gasteiger partial charge in [0.15, 0.2) is 17.3 Å². The van der Waals surface area contributed by atoms with Gasteiger partial charge in [-0.15, -0.1) is 0 Å². The molecule has 0 aliphatic heterocycles. The molecule has 0 saturated heterocycles. The third-order valence-corrected chi connectivity index (χ3v) is 4.05. The summed E-state index contributed by atoms with van der Waals surface area (Å²) in [6, 6.07) is 1.47. The van der Waals surface area contributed by atoms with Gasteiger partial charge in [-0.25, -0.2) is 24.5 Å². The van der Waals surface area contributed by atoms with Crippen molar-refractivity contribution in [1.82, 2.24) is 20.6 Å². The van der Waals surface area contributed by atoms with Crippen molar-refractivity contribution >= 4 is 41.4 Å². The summed E-state index contributed by atoms with van der Waals surface area (Å²) in [6.07, 6.45) is 0.612. The number of nitrogens with zero attached hydrogens (tertiary/aromatic N) is 5. The number of aliphatic imine (C=N–C) groups is 2. The van der Waals surface area contributed by atoms with Crippen LogP contribution in [0.2, 0.25) is 0 Å². The molecular weight excluding hydrogens is 509 g/mol. The lowest BCUT2D eigenvalue weighted by molar-refractivity contribution is -0.134. The molecule has 0 saturated carbocycles. The van der Waals surface area contributed by atoms with Crippen molar-refractivity contribution < 1.29 is 33.0 Å². The Balaban J connectivity index is 0.00000131. The maximum atomic E-state index is 12.1. The summed E-state index contributed by atoms with van der Waals surface area (Å²) >= 11 is 1.34. The standard InChI is InChI=1S/C14H21F3N10S.C4H4O4/c15-14(16,17)8-24-11(20)26-10-2-5-23-13(27-10)28-7-1-4-21-12(25-9-19)22-6-3-18;5-3(6)1-2-4(7)8/h2,5H,1,3-4,6-8,18H2,(H2,21,22,25)(H3,20,23,24,26,27);1-2H,(H,5,6)(H,7,8)/b;2-1-. The van der Waals surface area contributed by atoms with Crippen LogP contribution >= 0.6 is 11.8 Å². The van der Waals surface area contributed by atoms with E-state index in [1.165, 1.54) is 24.0 Å². The van der Waals surface area contributed by atoms with Crippen LogP contribution in [0.25, 0.3) is 0 Å². The number of hydrogen-bond donors (Lipinski definition) is 7.